The third-order valence-corrected chi connectivity index (χ3v) is 8.08. The van der Waals surface area contributed by atoms with Crippen molar-refractivity contribution in [2.24, 2.45) is 17.8 Å². The molecule has 2 saturated heterocycles. The smallest absolute Gasteiger partial charge is 0.162 e. The van der Waals surface area contributed by atoms with Gasteiger partial charge >= 0.3 is 0 Å². The fourth-order valence-electron chi connectivity index (χ4n) is 6.33. The lowest BCUT2D eigenvalue weighted by atomic mass is 9.72. The molecule has 0 bridgehead atoms. The van der Waals surface area contributed by atoms with Gasteiger partial charge in [0, 0.05) is 30.1 Å². The molecule has 0 aromatic carbocycles. The van der Waals surface area contributed by atoms with Crippen molar-refractivity contribution < 1.29 is 0 Å². The molecule has 0 aromatic rings. The van der Waals surface area contributed by atoms with Crippen molar-refractivity contribution in [3.8, 4) is 17.5 Å². The summed E-state index contributed by atoms with van der Waals surface area (Å²) in [4.78, 5) is 11.7. The van der Waals surface area contributed by atoms with Crippen LogP contribution in [0.2, 0.25) is 0 Å². The van der Waals surface area contributed by atoms with Crippen molar-refractivity contribution in [3.05, 3.63) is 24.3 Å². The van der Waals surface area contributed by atoms with Crippen molar-refractivity contribution in [2.75, 3.05) is 31.2 Å². The van der Waals surface area contributed by atoms with Gasteiger partial charge in [0.05, 0.1) is 24.3 Å². The van der Waals surface area contributed by atoms with Crippen molar-refractivity contribution in [1.29, 1.82) is 5.26 Å². The van der Waals surface area contributed by atoms with Gasteiger partial charge < -0.3 is 9.91 Å². The third-order valence-electron chi connectivity index (χ3n) is 8.08. The first kappa shape index (κ1) is 17.7. The van der Waals surface area contributed by atoms with E-state index in [4.69, 9.17) is 5.26 Å². The number of hydrogen-bond donors (Lipinski definition) is 0. The van der Waals surface area contributed by atoms with Crippen LogP contribution in [-0.2, 0) is 0 Å². The van der Waals surface area contributed by atoms with Gasteiger partial charge in [-0.25, -0.2) is 14.6 Å². The normalized spacial score (nSPS) is 32.6. The molecule has 2 unspecified atom stereocenters. The Labute approximate surface area is 172 Å². The maximum Gasteiger partial charge on any atom is 0.162 e. The second-order valence-electron chi connectivity index (χ2n) is 9.76. The van der Waals surface area contributed by atoms with Crippen molar-refractivity contribution in [3.63, 3.8) is 0 Å². The maximum absolute atomic E-state index is 9.11. The highest BCUT2D eigenvalue weighted by atomic mass is 15.7. The van der Waals surface area contributed by atoms with Gasteiger partial charge in [-0.3, -0.25) is 0 Å². The monoisotopic (exact) mass is 390 g/mol. The van der Waals surface area contributed by atoms with E-state index in [1.165, 1.54) is 56.5 Å². The lowest BCUT2D eigenvalue weighted by Crippen LogP contribution is -2.38. The Morgan fingerprint density at radius 1 is 1.07 bits per heavy atom. The molecular weight excluding hydrogens is 360 g/mol. The van der Waals surface area contributed by atoms with Crippen LogP contribution in [0.25, 0.3) is 11.4 Å². The topological polar surface area (TPSA) is 60.8 Å². The van der Waals surface area contributed by atoms with Gasteiger partial charge in [-0.1, -0.05) is 0 Å². The highest BCUT2D eigenvalue weighted by Gasteiger charge is 2.47. The van der Waals surface area contributed by atoms with Crippen LogP contribution in [0.4, 0.5) is 0 Å². The molecule has 6 heteroatoms. The average Bonchev–Trinajstić information content (AvgIpc) is 3.40. The molecule has 0 amide bonds. The zero-order valence-electron chi connectivity index (χ0n) is 17.1. The molecule has 29 heavy (non-hydrogen) atoms. The molecule has 0 N–H and O–H groups in total. The summed E-state index contributed by atoms with van der Waals surface area (Å²) in [6, 6.07) is 5.34. The molecule has 1 aliphatic carbocycles. The van der Waals surface area contributed by atoms with Gasteiger partial charge in [-0.15, -0.1) is 0 Å². The molecule has 0 radical (unpaired) electrons. The van der Waals surface area contributed by atoms with E-state index >= 15 is 0 Å². The molecule has 0 aromatic heterocycles. The van der Waals surface area contributed by atoms with Gasteiger partial charge in [-0.2, -0.15) is 5.26 Å². The Hall–Kier alpha value is -2.13. The van der Waals surface area contributed by atoms with Crippen molar-refractivity contribution in [2.45, 2.75) is 56.9 Å². The Morgan fingerprint density at radius 2 is 1.90 bits per heavy atom. The first-order valence-corrected chi connectivity index (χ1v) is 11.5. The second-order valence-corrected chi connectivity index (χ2v) is 9.76. The summed E-state index contributed by atoms with van der Waals surface area (Å²) >= 11 is 0. The number of nitrogens with zero attached hydrogens (tertiary/aromatic N) is 6. The van der Waals surface area contributed by atoms with Crippen LogP contribution in [0, 0.1) is 29.1 Å². The van der Waals surface area contributed by atoms with E-state index in [1.807, 2.05) is 12.5 Å². The van der Waals surface area contributed by atoms with E-state index in [0.29, 0.717) is 11.8 Å². The molecule has 5 aliphatic heterocycles. The first-order chi connectivity index (χ1) is 14.3. The van der Waals surface area contributed by atoms with Crippen molar-refractivity contribution in [1.82, 2.24) is 19.5 Å². The molecule has 1 saturated carbocycles. The summed E-state index contributed by atoms with van der Waals surface area (Å²) < 4.78 is 2.36. The summed E-state index contributed by atoms with van der Waals surface area (Å²) in [6.45, 7) is 4.68. The number of nitriles is 1. The number of rotatable bonds is 3. The third kappa shape index (κ3) is 3.11. The van der Waals surface area contributed by atoms with Crippen LogP contribution in [0.1, 0.15) is 56.6 Å². The predicted octanol–water partition coefficient (Wildman–Crippen LogP) is 3.23. The standard InChI is InChI=1S/C23H30N6/c24-12-16-6-9-27(10-7-16)13-17-1-3-18(4-2-17)21-11-19-14-28(19)29-15-26-23-20(22(21)29)5-8-25-23/h5,8,15-19,21H,1-4,6-7,9-11,13-14H2. The largest absolute Gasteiger partial charge is 0.305 e. The van der Waals surface area contributed by atoms with E-state index in [1.54, 1.807) is 0 Å². The molecule has 0 spiro atoms. The number of aromatic nitrogens is 3. The van der Waals surface area contributed by atoms with Crippen LogP contribution in [0.3, 0.4) is 0 Å². The van der Waals surface area contributed by atoms with E-state index in [9.17, 15) is 0 Å². The summed E-state index contributed by atoms with van der Waals surface area (Å²) in [6.07, 6.45) is 12.8. The van der Waals surface area contributed by atoms with E-state index in [-0.39, 0.29) is 0 Å². The zero-order chi connectivity index (χ0) is 19.4. The van der Waals surface area contributed by atoms with E-state index in [2.05, 4.69) is 36.7 Å². The minimum atomic E-state index is 0.296. The summed E-state index contributed by atoms with van der Waals surface area (Å²) in [5.74, 6) is 3.50. The summed E-state index contributed by atoms with van der Waals surface area (Å²) in [7, 11) is 0. The maximum atomic E-state index is 9.11. The number of hydrogen-bond acceptors (Lipinski definition) is 5. The molecular formula is C23H30N6. The minimum Gasteiger partial charge on any atom is -0.305 e. The van der Waals surface area contributed by atoms with Crippen LogP contribution < -0.4 is 5.01 Å². The predicted molar refractivity (Wildman–Crippen MR) is 111 cm³/mol. The number of likely N-dealkylation sites (tertiary alicyclic amines) is 1. The number of fused-ring (bicyclic) bond motifs is 5. The average molecular weight is 391 g/mol. The highest BCUT2D eigenvalue weighted by Crippen LogP contribution is 2.48. The highest BCUT2D eigenvalue weighted by molar-refractivity contribution is 5.62. The number of piperidine rings is 1. The van der Waals surface area contributed by atoms with E-state index < -0.39 is 0 Å². The van der Waals surface area contributed by atoms with Gasteiger partial charge in [-0.05, 0) is 75.9 Å². The molecule has 2 atom stereocenters. The Morgan fingerprint density at radius 3 is 2.69 bits per heavy atom. The van der Waals surface area contributed by atoms with E-state index in [0.717, 1.165) is 49.6 Å². The fraction of sp³-hybridized carbons (Fsp3) is 0.696. The molecule has 6 rings (SSSR count). The van der Waals surface area contributed by atoms with Gasteiger partial charge in [0.25, 0.3) is 0 Å². The molecule has 3 fully saturated rings. The summed E-state index contributed by atoms with van der Waals surface area (Å²) in [5, 5.41) is 11.6. The van der Waals surface area contributed by atoms with Gasteiger partial charge in [0.1, 0.15) is 6.33 Å². The summed E-state index contributed by atoms with van der Waals surface area (Å²) in [5.41, 5.74) is 2.74. The molecule has 5 heterocycles. The SMILES string of the molecule is N#CC1CCN(CC2CCC(C3CC4CN4n4cnc5nccc-5c43)CC2)CC1. The second kappa shape index (κ2) is 6.98. The first-order valence-electron chi connectivity index (χ1n) is 11.5. The van der Waals surface area contributed by atoms with Crippen LogP contribution in [-0.4, -0.2) is 51.8 Å². The molecule has 6 aliphatic rings. The minimum absolute atomic E-state index is 0.296. The Balaban J connectivity index is 1.13. The van der Waals surface area contributed by atoms with Crippen LogP contribution >= 0.6 is 0 Å². The molecule has 6 nitrogen and oxygen atoms in total. The quantitative estimate of drug-likeness (QED) is 0.753. The zero-order valence-corrected chi connectivity index (χ0v) is 17.1. The molecule has 152 valence electrons. The van der Waals surface area contributed by atoms with Crippen LogP contribution in [0.15, 0.2) is 18.6 Å². The Kier molecular flexibility index (Phi) is 4.26. The Bertz CT molecular complexity index is 883. The fourth-order valence-corrected chi connectivity index (χ4v) is 6.33. The lowest BCUT2D eigenvalue weighted by Gasteiger charge is -2.40. The lowest BCUT2D eigenvalue weighted by molar-refractivity contribution is 0.139. The van der Waals surface area contributed by atoms with Gasteiger partial charge in [0.15, 0.2) is 5.82 Å². The van der Waals surface area contributed by atoms with Crippen LogP contribution in [0.5, 0.6) is 0 Å². The van der Waals surface area contributed by atoms with Gasteiger partial charge in [0.2, 0.25) is 0 Å². The van der Waals surface area contributed by atoms with Crippen molar-refractivity contribution >= 4 is 0 Å².